The van der Waals surface area contributed by atoms with Gasteiger partial charge in [-0.3, -0.25) is 4.98 Å². The van der Waals surface area contributed by atoms with Gasteiger partial charge in [-0.25, -0.2) is 4.98 Å². The maximum atomic E-state index is 6.24. The van der Waals surface area contributed by atoms with Gasteiger partial charge < -0.3 is 19.4 Å². The Labute approximate surface area is 187 Å². The number of benzene rings is 1. The first-order chi connectivity index (χ1) is 15.7. The third-order valence-corrected chi connectivity index (χ3v) is 6.86. The fraction of sp³-hybridized carbons (Fsp3) is 0.385. The van der Waals surface area contributed by atoms with Gasteiger partial charge in [0.25, 0.3) is 0 Å². The molecule has 1 saturated heterocycles. The summed E-state index contributed by atoms with van der Waals surface area (Å²) in [6.07, 6.45) is 10.8. The number of hydrogen-bond acceptors (Lipinski definition) is 5. The molecule has 0 spiro atoms. The minimum atomic E-state index is 0.209. The second kappa shape index (κ2) is 8.19. The van der Waals surface area contributed by atoms with Crippen molar-refractivity contribution in [2.24, 2.45) is 0 Å². The van der Waals surface area contributed by atoms with E-state index in [9.17, 15) is 0 Å². The van der Waals surface area contributed by atoms with Gasteiger partial charge in [0.15, 0.2) is 0 Å². The first kappa shape index (κ1) is 19.7. The summed E-state index contributed by atoms with van der Waals surface area (Å²) in [6, 6.07) is 12.5. The Balaban J connectivity index is 1.07. The van der Waals surface area contributed by atoms with Crippen molar-refractivity contribution in [1.82, 2.24) is 19.9 Å². The number of aromatic nitrogens is 3. The highest BCUT2D eigenvalue weighted by Gasteiger charge is 2.34. The maximum Gasteiger partial charge on any atom is 0.213 e. The van der Waals surface area contributed by atoms with E-state index in [1.165, 1.54) is 5.39 Å². The lowest BCUT2D eigenvalue weighted by Crippen LogP contribution is -2.44. The van der Waals surface area contributed by atoms with Gasteiger partial charge >= 0.3 is 0 Å². The van der Waals surface area contributed by atoms with E-state index in [0.29, 0.717) is 18.1 Å². The molecule has 1 aliphatic carbocycles. The van der Waals surface area contributed by atoms with Crippen molar-refractivity contribution in [2.45, 2.75) is 44.0 Å². The number of fused-ring (bicyclic) bond motifs is 3. The second-order valence-corrected chi connectivity index (χ2v) is 9.16. The van der Waals surface area contributed by atoms with Crippen LogP contribution in [0.2, 0.25) is 0 Å². The van der Waals surface area contributed by atoms with Crippen LogP contribution in [0.1, 0.15) is 25.7 Å². The van der Waals surface area contributed by atoms with E-state index in [0.717, 1.165) is 66.3 Å². The number of nitrogens with one attached hydrogen (secondary N) is 1. The summed E-state index contributed by atoms with van der Waals surface area (Å²) < 4.78 is 12.3. The van der Waals surface area contributed by atoms with Crippen LogP contribution in [0.3, 0.4) is 0 Å². The first-order valence-corrected chi connectivity index (χ1v) is 11.5. The van der Waals surface area contributed by atoms with Gasteiger partial charge in [0, 0.05) is 78.0 Å². The van der Waals surface area contributed by atoms with Crippen LogP contribution in [-0.4, -0.2) is 58.3 Å². The smallest absolute Gasteiger partial charge is 0.213 e. The summed E-state index contributed by atoms with van der Waals surface area (Å²) >= 11 is 0. The average Bonchev–Trinajstić information content (AvgIpc) is 3.17. The molecule has 1 saturated carbocycles. The normalized spacial score (nSPS) is 22.3. The van der Waals surface area contributed by atoms with Gasteiger partial charge in [0.2, 0.25) is 5.88 Å². The number of pyridine rings is 2. The lowest BCUT2D eigenvalue weighted by Gasteiger charge is -2.39. The van der Waals surface area contributed by atoms with Gasteiger partial charge in [-0.1, -0.05) is 12.1 Å². The highest BCUT2D eigenvalue weighted by molar-refractivity contribution is 6.07. The Morgan fingerprint density at radius 2 is 1.72 bits per heavy atom. The van der Waals surface area contributed by atoms with E-state index in [4.69, 9.17) is 9.47 Å². The van der Waals surface area contributed by atoms with Crippen molar-refractivity contribution in [3.63, 3.8) is 0 Å². The molecule has 0 unspecified atom stereocenters. The summed E-state index contributed by atoms with van der Waals surface area (Å²) in [5.74, 6) is 0.689. The predicted molar refractivity (Wildman–Crippen MR) is 126 cm³/mol. The number of piperidine rings is 1. The van der Waals surface area contributed by atoms with Gasteiger partial charge in [-0.05, 0) is 43.7 Å². The van der Waals surface area contributed by atoms with Crippen molar-refractivity contribution >= 4 is 21.8 Å². The topological polar surface area (TPSA) is 63.3 Å². The Hall–Kier alpha value is -2.96. The second-order valence-electron chi connectivity index (χ2n) is 9.16. The zero-order valence-electron chi connectivity index (χ0n) is 18.3. The van der Waals surface area contributed by atoms with Crippen molar-refractivity contribution in [3.05, 3.63) is 55.0 Å². The molecular weight excluding hydrogens is 400 g/mol. The van der Waals surface area contributed by atoms with Crippen LogP contribution in [0.4, 0.5) is 0 Å². The van der Waals surface area contributed by atoms with Crippen LogP contribution in [0.15, 0.2) is 55.0 Å². The molecule has 3 aromatic heterocycles. The fourth-order valence-corrected chi connectivity index (χ4v) is 4.83. The highest BCUT2D eigenvalue weighted by atomic mass is 16.5. The number of ether oxygens (including phenoxy) is 2. The van der Waals surface area contributed by atoms with Crippen LogP contribution in [0, 0.1) is 0 Å². The molecule has 6 nitrogen and oxygen atoms in total. The number of aromatic amines is 1. The first-order valence-electron chi connectivity index (χ1n) is 11.5. The highest BCUT2D eigenvalue weighted by Crippen LogP contribution is 2.32. The zero-order valence-corrected chi connectivity index (χ0v) is 18.3. The molecule has 1 aliphatic heterocycles. The third-order valence-electron chi connectivity index (χ3n) is 6.86. The Kier molecular flexibility index (Phi) is 5.04. The summed E-state index contributed by atoms with van der Waals surface area (Å²) in [7, 11) is 2.18. The standard InChI is InChI=1S/C26H28N4O2/c1-30-10-7-19(8-11-30)31-20-13-21(14-20)32-26-5-3-18(15-28-26)17-2-4-22-23-16-27-9-6-24(23)29-25(22)12-17/h2-6,9,12,15-16,19-21,29H,7-8,10-11,13-14H2,1H3. The van der Waals surface area contributed by atoms with E-state index in [-0.39, 0.29) is 6.10 Å². The Morgan fingerprint density at radius 3 is 2.53 bits per heavy atom. The molecule has 2 aliphatic rings. The Morgan fingerprint density at radius 1 is 0.875 bits per heavy atom. The van der Waals surface area contributed by atoms with Crippen LogP contribution < -0.4 is 4.74 Å². The number of nitrogens with zero attached hydrogens (tertiary/aromatic N) is 3. The zero-order chi connectivity index (χ0) is 21.5. The van der Waals surface area contributed by atoms with Crippen molar-refractivity contribution in [1.29, 1.82) is 0 Å². The average molecular weight is 429 g/mol. The lowest BCUT2D eigenvalue weighted by atomic mass is 9.91. The summed E-state index contributed by atoms with van der Waals surface area (Å²) in [6.45, 7) is 2.27. The molecule has 32 heavy (non-hydrogen) atoms. The molecular formula is C26H28N4O2. The summed E-state index contributed by atoms with van der Waals surface area (Å²) in [4.78, 5) is 14.7. The van der Waals surface area contributed by atoms with Crippen molar-refractivity contribution in [2.75, 3.05) is 20.1 Å². The molecule has 6 rings (SSSR count). The number of hydrogen-bond donors (Lipinski definition) is 1. The van der Waals surface area contributed by atoms with Crippen molar-refractivity contribution < 1.29 is 9.47 Å². The molecule has 164 valence electrons. The quantitative estimate of drug-likeness (QED) is 0.495. The van der Waals surface area contributed by atoms with E-state index in [1.807, 2.05) is 30.7 Å². The van der Waals surface area contributed by atoms with Crippen LogP contribution in [0.25, 0.3) is 32.9 Å². The van der Waals surface area contributed by atoms with Gasteiger partial charge in [-0.2, -0.15) is 0 Å². The third kappa shape index (κ3) is 3.85. The van der Waals surface area contributed by atoms with E-state index in [1.54, 1.807) is 0 Å². The molecule has 6 heteroatoms. The molecule has 4 heterocycles. The SMILES string of the molecule is CN1CCC(OC2CC(Oc3ccc(-c4ccc5c(c4)[nH]c4ccncc45)cn3)C2)CC1. The molecule has 0 bridgehead atoms. The minimum absolute atomic E-state index is 0.209. The van der Waals surface area contributed by atoms with Crippen LogP contribution >= 0.6 is 0 Å². The van der Waals surface area contributed by atoms with Gasteiger partial charge in [0.1, 0.15) is 6.10 Å². The maximum absolute atomic E-state index is 6.24. The monoisotopic (exact) mass is 428 g/mol. The number of H-pyrrole nitrogens is 1. The van der Waals surface area contributed by atoms with Crippen molar-refractivity contribution in [3.8, 4) is 17.0 Å². The fourth-order valence-electron chi connectivity index (χ4n) is 4.83. The summed E-state index contributed by atoms with van der Waals surface area (Å²) in [5, 5.41) is 2.33. The molecule has 0 amide bonds. The molecule has 0 atom stereocenters. The van der Waals surface area contributed by atoms with E-state index < -0.39 is 0 Å². The Bertz CT molecular complexity index is 1220. The molecule has 4 aromatic rings. The van der Waals surface area contributed by atoms with E-state index >= 15 is 0 Å². The number of likely N-dealkylation sites (tertiary alicyclic amines) is 1. The largest absolute Gasteiger partial charge is 0.474 e. The molecule has 1 N–H and O–H groups in total. The summed E-state index contributed by atoms with van der Waals surface area (Å²) in [5.41, 5.74) is 4.42. The molecule has 1 aromatic carbocycles. The van der Waals surface area contributed by atoms with Gasteiger partial charge in [0.05, 0.1) is 12.2 Å². The van der Waals surface area contributed by atoms with Gasteiger partial charge in [-0.15, -0.1) is 0 Å². The predicted octanol–water partition coefficient (Wildman–Crippen LogP) is 4.80. The number of rotatable bonds is 5. The lowest BCUT2D eigenvalue weighted by molar-refractivity contribution is -0.109. The van der Waals surface area contributed by atoms with Crippen LogP contribution in [0.5, 0.6) is 5.88 Å². The van der Waals surface area contributed by atoms with Crippen LogP contribution in [-0.2, 0) is 4.74 Å². The molecule has 2 fully saturated rings. The molecule has 0 radical (unpaired) electrons. The minimum Gasteiger partial charge on any atom is -0.474 e. The van der Waals surface area contributed by atoms with E-state index in [2.05, 4.69) is 51.2 Å².